The topological polar surface area (TPSA) is 143 Å². The predicted molar refractivity (Wildman–Crippen MR) is 134 cm³/mol. The monoisotopic (exact) mass is 501 g/mol. The molecule has 4 aromatic heterocycles. The number of morpholine rings is 1. The second-order valence-electron chi connectivity index (χ2n) is 9.46. The van der Waals surface area contributed by atoms with Gasteiger partial charge in [0.25, 0.3) is 5.91 Å². The van der Waals surface area contributed by atoms with Crippen molar-refractivity contribution in [2.24, 2.45) is 0 Å². The second kappa shape index (κ2) is 9.24. The maximum absolute atomic E-state index is 13.3. The Morgan fingerprint density at radius 2 is 1.86 bits per heavy atom. The molecule has 2 unspecified atom stereocenters. The molecule has 0 spiro atoms. The van der Waals surface area contributed by atoms with Crippen molar-refractivity contribution < 1.29 is 9.53 Å². The molecule has 0 aromatic carbocycles. The molecule has 0 saturated carbocycles. The van der Waals surface area contributed by atoms with E-state index in [-0.39, 0.29) is 18.0 Å². The van der Waals surface area contributed by atoms with Gasteiger partial charge in [-0.25, -0.2) is 9.67 Å². The summed E-state index contributed by atoms with van der Waals surface area (Å²) in [4.78, 5) is 26.8. The lowest BCUT2D eigenvalue weighted by Crippen LogP contribution is -2.66. The van der Waals surface area contributed by atoms with Crippen LogP contribution in [0.25, 0.3) is 5.82 Å². The van der Waals surface area contributed by atoms with E-state index < -0.39 is 0 Å². The minimum atomic E-state index is -0.159. The van der Waals surface area contributed by atoms with Gasteiger partial charge in [-0.2, -0.15) is 15.2 Å². The quantitative estimate of drug-likeness (QED) is 0.414. The number of carbonyl (C=O) groups excluding carboxylic acids is 1. The number of piperazine rings is 1. The van der Waals surface area contributed by atoms with Gasteiger partial charge in [0.15, 0.2) is 17.3 Å². The zero-order valence-corrected chi connectivity index (χ0v) is 20.8. The molecule has 2 fully saturated rings. The molecular weight excluding hydrogens is 474 g/mol. The Morgan fingerprint density at radius 1 is 1.05 bits per heavy atom. The summed E-state index contributed by atoms with van der Waals surface area (Å²) in [5, 5.41) is 23.0. The SMILES string of the molecule is Cc1cnn(-c2ccc(C(=O)N3CC4COCC(C3)N4c3nc(C)cc(Nc4cc(C)[nH]n4)n3)nn2)c1. The third kappa shape index (κ3) is 4.60. The van der Waals surface area contributed by atoms with Crippen molar-refractivity contribution in [1.82, 2.24) is 45.0 Å². The average Bonchev–Trinajstić information content (AvgIpc) is 3.50. The van der Waals surface area contributed by atoms with E-state index in [9.17, 15) is 4.79 Å². The molecule has 37 heavy (non-hydrogen) atoms. The molecule has 4 aromatic rings. The highest BCUT2D eigenvalue weighted by atomic mass is 16.5. The molecule has 2 N–H and O–H groups in total. The van der Waals surface area contributed by atoms with Gasteiger partial charge in [-0.05, 0) is 38.5 Å². The molecule has 13 nitrogen and oxygen atoms in total. The first kappa shape index (κ1) is 23.0. The van der Waals surface area contributed by atoms with Gasteiger partial charge in [-0.1, -0.05) is 0 Å². The first-order valence-corrected chi connectivity index (χ1v) is 12.1. The van der Waals surface area contributed by atoms with Gasteiger partial charge in [-0.3, -0.25) is 9.89 Å². The Hall–Kier alpha value is -4.39. The summed E-state index contributed by atoms with van der Waals surface area (Å²) in [7, 11) is 0. The zero-order valence-electron chi connectivity index (χ0n) is 20.8. The first-order chi connectivity index (χ1) is 17.9. The number of fused-ring (bicyclic) bond motifs is 2. The number of H-pyrrole nitrogens is 1. The fraction of sp³-hybridized carbons (Fsp3) is 0.375. The van der Waals surface area contributed by atoms with Crippen LogP contribution in [-0.2, 0) is 4.74 Å². The highest BCUT2D eigenvalue weighted by Crippen LogP contribution is 2.28. The number of carbonyl (C=O) groups is 1. The number of aryl methyl sites for hydroxylation is 3. The van der Waals surface area contributed by atoms with E-state index in [1.54, 1.807) is 23.0 Å². The smallest absolute Gasteiger partial charge is 0.274 e. The van der Waals surface area contributed by atoms with E-state index in [2.05, 4.69) is 35.7 Å². The molecule has 6 rings (SSSR count). The predicted octanol–water partition coefficient (Wildman–Crippen LogP) is 1.57. The number of rotatable bonds is 5. The van der Waals surface area contributed by atoms with Crippen molar-refractivity contribution in [3.63, 3.8) is 0 Å². The van der Waals surface area contributed by atoms with E-state index in [0.717, 1.165) is 17.0 Å². The first-order valence-electron chi connectivity index (χ1n) is 12.1. The Morgan fingerprint density at radius 3 is 2.51 bits per heavy atom. The van der Waals surface area contributed by atoms with E-state index in [1.807, 2.05) is 44.0 Å². The van der Waals surface area contributed by atoms with Crippen LogP contribution < -0.4 is 10.2 Å². The minimum absolute atomic E-state index is 0.0852. The summed E-state index contributed by atoms with van der Waals surface area (Å²) in [5.41, 5.74) is 3.11. The van der Waals surface area contributed by atoms with Gasteiger partial charge < -0.3 is 19.9 Å². The van der Waals surface area contributed by atoms with Gasteiger partial charge in [0.05, 0.1) is 31.5 Å². The summed E-state index contributed by atoms with van der Waals surface area (Å²) in [6, 6.07) is 7.07. The van der Waals surface area contributed by atoms with Crippen LogP contribution in [0.4, 0.5) is 17.6 Å². The molecule has 0 radical (unpaired) electrons. The molecule has 0 aliphatic carbocycles. The lowest BCUT2D eigenvalue weighted by Gasteiger charge is -2.49. The summed E-state index contributed by atoms with van der Waals surface area (Å²) in [5.74, 6) is 2.36. The number of hydrogen-bond donors (Lipinski definition) is 2. The summed E-state index contributed by atoms with van der Waals surface area (Å²) < 4.78 is 7.48. The largest absolute Gasteiger partial charge is 0.377 e. The Kier molecular flexibility index (Phi) is 5.75. The van der Waals surface area contributed by atoms with E-state index in [0.29, 0.717) is 55.4 Å². The van der Waals surface area contributed by atoms with Crippen molar-refractivity contribution in [3.8, 4) is 5.82 Å². The summed E-state index contributed by atoms with van der Waals surface area (Å²) in [6.45, 7) is 7.71. The molecular formula is C24H27N11O2. The van der Waals surface area contributed by atoms with Crippen LogP contribution in [0.5, 0.6) is 0 Å². The Bertz CT molecular complexity index is 1420. The van der Waals surface area contributed by atoms with Gasteiger partial charge in [-0.15, -0.1) is 10.2 Å². The van der Waals surface area contributed by atoms with Crippen molar-refractivity contribution >= 4 is 23.5 Å². The highest BCUT2D eigenvalue weighted by Gasteiger charge is 2.41. The third-order valence-corrected chi connectivity index (χ3v) is 6.41. The molecule has 1 amide bonds. The maximum atomic E-state index is 13.3. The molecule has 2 aliphatic heterocycles. The molecule has 190 valence electrons. The minimum Gasteiger partial charge on any atom is -0.377 e. The lowest BCUT2D eigenvalue weighted by molar-refractivity contribution is 0.0145. The molecule has 2 bridgehead atoms. The van der Waals surface area contributed by atoms with Crippen molar-refractivity contribution in [3.05, 3.63) is 59.3 Å². The standard InChI is InChI=1S/C24H27N11O2/c1-14-8-25-34(9-14)22-5-4-19(30-32-22)23(36)33-10-17-12-37-13-18(11-33)35(17)24-26-15(2)6-20(28-24)27-21-7-16(3)29-31-21/h4-9,17-18H,10-13H2,1-3H3,(H2,26,27,28,29,31). The molecule has 2 atom stereocenters. The zero-order chi connectivity index (χ0) is 25.5. The maximum Gasteiger partial charge on any atom is 0.274 e. The molecule has 2 saturated heterocycles. The lowest BCUT2D eigenvalue weighted by atomic mass is 10.0. The number of hydrogen-bond acceptors (Lipinski definition) is 10. The van der Waals surface area contributed by atoms with Crippen LogP contribution in [0.1, 0.15) is 27.4 Å². The van der Waals surface area contributed by atoms with Crippen molar-refractivity contribution in [1.29, 1.82) is 0 Å². The van der Waals surface area contributed by atoms with E-state index >= 15 is 0 Å². The van der Waals surface area contributed by atoms with Gasteiger partial charge in [0.2, 0.25) is 5.95 Å². The van der Waals surface area contributed by atoms with Crippen LogP contribution in [-0.4, -0.2) is 89.3 Å². The summed E-state index contributed by atoms with van der Waals surface area (Å²) >= 11 is 0. The number of aromatic amines is 1. The van der Waals surface area contributed by atoms with Gasteiger partial charge in [0.1, 0.15) is 5.82 Å². The Labute approximate surface area is 212 Å². The van der Waals surface area contributed by atoms with Crippen LogP contribution in [0.2, 0.25) is 0 Å². The van der Waals surface area contributed by atoms with E-state index in [4.69, 9.17) is 14.7 Å². The second-order valence-corrected chi connectivity index (χ2v) is 9.46. The molecule has 2 aliphatic rings. The number of nitrogens with zero attached hydrogens (tertiary/aromatic N) is 9. The highest BCUT2D eigenvalue weighted by molar-refractivity contribution is 5.92. The van der Waals surface area contributed by atoms with Crippen molar-refractivity contribution in [2.45, 2.75) is 32.9 Å². The molecule has 6 heterocycles. The van der Waals surface area contributed by atoms with E-state index in [1.165, 1.54) is 0 Å². The average molecular weight is 502 g/mol. The molecule has 13 heteroatoms. The third-order valence-electron chi connectivity index (χ3n) is 6.41. The fourth-order valence-corrected chi connectivity index (χ4v) is 4.76. The number of ether oxygens (including phenoxy) is 1. The van der Waals surface area contributed by atoms with Crippen LogP contribution in [0, 0.1) is 20.8 Å². The number of anilines is 3. The van der Waals surface area contributed by atoms with Gasteiger partial charge >= 0.3 is 0 Å². The normalized spacial score (nSPS) is 19.2. The van der Waals surface area contributed by atoms with Gasteiger partial charge in [0, 0.05) is 42.8 Å². The summed E-state index contributed by atoms with van der Waals surface area (Å²) in [6.07, 6.45) is 3.60. The Balaban J connectivity index is 1.20. The van der Waals surface area contributed by atoms with Crippen molar-refractivity contribution in [2.75, 3.05) is 36.5 Å². The van der Waals surface area contributed by atoms with Crippen LogP contribution in [0.3, 0.4) is 0 Å². The van der Waals surface area contributed by atoms with Crippen LogP contribution in [0.15, 0.2) is 36.7 Å². The van der Waals surface area contributed by atoms with Crippen LogP contribution >= 0.6 is 0 Å². The number of nitrogens with one attached hydrogen (secondary N) is 2. The number of amides is 1. The fourth-order valence-electron chi connectivity index (χ4n) is 4.76. The number of aromatic nitrogens is 8.